The standard InChI is InChI=1S/C13H10ClN3O2S/c14-13-12(6-3-7-16-13)17-20(18,19)9-11-5-2-1-4-10(11)8-15/h1-7,17H,9H2. The van der Waals surface area contributed by atoms with Gasteiger partial charge in [0, 0.05) is 6.20 Å². The van der Waals surface area contributed by atoms with Crippen LogP contribution < -0.4 is 4.72 Å². The van der Waals surface area contributed by atoms with Gasteiger partial charge in [0.2, 0.25) is 10.0 Å². The van der Waals surface area contributed by atoms with Gasteiger partial charge < -0.3 is 0 Å². The lowest BCUT2D eigenvalue weighted by atomic mass is 10.1. The van der Waals surface area contributed by atoms with Gasteiger partial charge in [-0.15, -0.1) is 0 Å². The summed E-state index contributed by atoms with van der Waals surface area (Å²) in [7, 11) is -3.67. The molecule has 0 saturated heterocycles. The Morgan fingerprint density at radius 2 is 2.00 bits per heavy atom. The highest BCUT2D eigenvalue weighted by molar-refractivity contribution is 7.91. The summed E-state index contributed by atoms with van der Waals surface area (Å²) < 4.78 is 26.5. The molecule has 2 aromatic rings. The molecule has 0 fully saturated rings. The van der Waals surface area contributed by atoms with Gasteiger partial charge in [-0.3, -0.25) is 4.72 Å². The molecule has 1 aromatic carbocycles. The first kappa shape index (κ1) is 14.3. The Labute approximate surface area is 121 Å². The van der Waals surface area contributed by atoms with Crippen molar-refractivity contribution in [2.24, 2.45) is 0 Å². The third kappa shape index (κ3) is 3.47. The highest BCUT2D eigenvalue weighted by atomic mass is 35.5. The van der Waals surface area contributed by atoms with Gasteiger partial charge in [0.15, 0.2) is 5.15 Å². The molecular formula is C13H10ClN3O2S. The summed E-state index contributed by atoms with van der Waals surface area (Å²) in [5.74, 6) is -0.304. The van der Waals surface area contributed by atoms with Crippen molar-refractivity contribution in [2.45, 2.75) is 5.75 Å². The number of hydrogen-bond donors (Lipinski definition) is 1. The number of hydrogen-bond acceptors (Lipinski definition) is 4. The second-order valence-electron chi connectivity index (χ2n) is 3.97. The summed E-state index contributed by atoms with van der Waals surface area (Å²) in [6, 6.07) is 11.6. The molecule has 0 unspecified atom stereocenters. The first-order valence-electron chi connectivity index (χ1n) is 5.61. The predicted molar refractivity (Wildman–Crippen MR) is 76.7 cm³/mol. The zero-order chi connectivity index (χ0) is 14.6. The van der Waals surface area contributed by atoms with Crippen molar-refractivity contribution in [1.29, 1.82) is 5.26 Å². The van der Waals surface area contributed by atoms with E-state index >= 15 is 0 Å². The third-order valence-electron chi connectivity index (χ3n) is 2.51. The fourth-order valence-electron chi connectivity index (χ4n) is 1.63. The maximum Gasteiger partial charge on any atom is 0.237 e. The summed E-state index contributed by atoms with van der Waals surface area (Å²) in [4.78, 5) is 3.79. The van der Waals surface area contributed by atoms with E-state index < -0.39 is 10.0 Å². The first-order chi connectivity index (χ1) is 9.52. The monoisotopic (exact) mass is 307 g/mol. The van der Waals surface area contributed by atoms with E-state index in [1.54, 1.807) is 30.3 Å². The molecule has 1 heterocycles. The lowest BCUT2D eigenvalue weighted by molar-refractivity contribution is 0.600. The molecule has 7 heteroatoms. The van der Waals surface area contributed by atoms with Crippen molar-refractivity contribution in [3.63, 3.8) is 0 Å². The molecule has 0 atom stereocenters. The van der Waals surface area contributed by atoms with E-state index in [2.05, 4.69) is 9.71 Å². The summed E-state index contributed by atoms with van der Waals surface area (Å²) in [6.07, 6.45) is 1.46. The number of nitrogens with one attached hydrogen (secondary N) is 1. The Hall–Kier alpha value is -2.10. The van der Waals surface area contributed by atoms with Gasteiger partial charge in [-0.05, 0) is 23.8 Å². The molecule has 1 N–H and O–H groups in total. The highest BCUT2D eigenvalue weighted by Crippen LogP contribution is 2.20. The molecule has 0 bridgehead atoms. The van der Waals surface area contributed by atoms with Gasteiger partial charge in [0.25, 0.3) is 0 Å². The van der Waals surface area contributed by atoms with Crippen LogP contribution in [0.3, 0.4) is 0 Å². The number of nitrogens with zero attached hydrogens (tertiary/aromatic N) is 2. The minimum absolute atomic E-state index is 0.0737. The Balaban J connectivity index is 2.25. The molecule has 0 aliphatic heterocycles. The van der Waals surface area contributed by atoms with Crippen molar-refractivity contribution >= 4 is 27.3 Å². The molecular weight excluding hydrogens is 298 g/mol. The summed E-state index contributed by atoms with van der Waals surface area (Å²) in [6.45, 7) is 0. The van der Waals surface area contributed by atoms with Crippen LogP contribution in [-0.2, 0) is 15.8 Å². The summed E-state index contributed by atoms with van der Waals surface area (Å²) in [5.41, 5.74) is 0.973. The quantitative estimate of drug-likeness (QED) is 0.880. The fourth-order valence-corrected chi connectivity index (χ4v) is 3.08. The molecule has 0 saturated carbocycles. The van der Waals surface area contributed by atoms with Crippen LogP contribution >= 0.6 is 11.6 Å². The normalized spacial score (nSPS) is 10.8. The topological polar surface area (TPSA) is 82.8 Å². The predicted octanol–water partition coefficient (Wildman–Crippen LogP) is 2.55. The summed E-state index contributed by atoms with van der Waals surface area (Å²) >= 11 is 5.80. The van der Waals surface area contributed by atoms with Gasteiger partial charge in [0.1, 0.15) is 0 Å². The second-order valence-corrected chi connectivity index (χ2v) is 6.05. The largest absolute Gasteiger partial charge is 0.280 e. The van der Waals surface area contributed by atoms with Crippen molar-refractivity contribution in [3.8, 4) is 6.07 Å². The average Bonchev–Trinajstić information content (AvgIpc) is 2.41. The van der Waals surface area contributed by atoms with Crippen LogP contribution in [0.25, 0.3) is 0 Å². The smallest absolute Gasteiger partial charge is 0.237 e. The van der Waals surface area contributed by atoms with Crippen LogP contribution in [0.4, 0.5) is 5.69 Å². The summed E-state index contributed by atoms with van der Waals surface area (Å²) in [5, 5.41) is 9.03. The molecule has 102 valence electrons. The molecule has 5 nitrogen and oxygen atoms in total. The van der Waals surface area contributed by atoms with Gasteiger partial charge in [-0.25, -0.2) is 13.4 Å². The number of rotatable bonds is 4. The van der Waals surface area contributed by atoms with Crippen LogP contribution in [0.2, 0.25) is 5.15 Å². The van der Waals surface area contributed by atoms with Crippen LogP contribution in [0.5, 0.6) is 0 Å². The number of halogens is 1. The molecule has 0 aliphatic rings. The molecule has 0 aliphatic carbocycles. The third-order valence-corrected chi connectivity index (χ3v) is 4.03. The van der Waals surface area contributed by atoms with Crippen LogP contribution in [0.1, 0.15) is 11.1 Å². The number of nitriles is 1. The number of benzene rings is 1. The average molecular weight is 308 g/mol. The van der Waals surface area contributed by atoms with Gasteiger partial charge in [-0.1, -0.05) is 29.8 Å². The van der Waals surface area contributed by atoms with E-state index in [1.165, 1.54) is 12.3 Å². The Morgan fingerprint density at radius 1 is 1.25 bits per heavy atom. The molecule has 1 aromatic heterocycles. The van der Waals surface area contributed by atoms with Gasteiger partial charge in [-0.2, -0.15) is 5.26 Å². The number of anilines is 1. The Morgan fingerprint density at radius 3 is 2.70 bits per heavy atom. The highest BCUT2D eigenvalue weighted by Gasteiger charge is 2.15. The number of sulfonamides is 1. The van der Waals surface area contributed by atoms with E-state index in [4.69, 9.17) is 16.9 Å². The van der Waals surface area contributed by atoms with Crippen LogP contribution in [-0.4, -0.2) is 13.4 Å². The van der Waals surface area contributed by atoms with Crippen molar-refractivity contribution in [2.75, 3.05) is 4.72 Å². The number of pyridine rings is 1. The fraction of sp³-hybridized carbons (Fsp3) is 0.0769. The second kappa shape index (κ2) is 5.90. The minimum atomic E-state index is -3.67. The zero-order valence-electron chi connectivity index (χ0n) is 10.2. The Bertz CT molecular complexity index is 769. The SMILES string of the molecule is N#Cc1ccccc1CS(=O)(=O)Nc1cccnc1Cl. The van der Waals surface area contributed by atoms with E-state index in [-0.39, 0.29) is 16.6 Å². The molecule has 20 heavy (non-hydrogen) atoms. The van der Waals surface area contributed by atoms with E-state index in [0.717, 1.165) is 0 Å². The van der Waals surface area contributed by atoms with Crippen molar-refractivity contribution < 1.29 is 8.42 Å². The lowest BCUT2D eigenvalue weighted by Crippen LogP contribution is -2.16. The molecule has 0 amide bonds. The van der Waals surface area contributed by atoms with Crippen molar-refractivity contribution in [3.05, 3.63) is 58.9 Å². The maximum atomic E-state index is 12.1. The molecule has 2 rings (SSSR count). The minimum Gasteiger partial charge on any atom is -0.280 e. The van der Waals surface area contributed by atoms with Crippen LogP contribution in [0, 0.1) is 11.3 Å². The van der Waals surface area contributed by atoms with E-state index in [9.17, 15) is 8.42 Å². The zero-order valence-corrected chi connectivity index (χ0v) is 11.8. The van der Waals surface area contributed by atoms with Gasteiger partial charge in [0.05, 0.1) is 23.1 Å². The lowest BCUT2D eigenvalue weighted by Gasteiger charge is -2.09. The molecule has 0 spiro atoms. The van der Waals surface area contributed by atoms with E-state index in [1.807, 2.05) is 6.07 Å². The van der Waals surface area contributed by atoms with Crippen molar-refractivity contribution in [1.82, 2.24) is 4.98 Å². The number of aromatic nitrogens is 1. The van der Waals surface area contributed by atoms with Gasteiger partial charge >= 0.3 is 0 Å². The first-order valence-corrected chi connectivity index (χ1v) is 7.64. The van der Waals surface area contributed by atoms with Crippen LogP contribution in [0.15, 0.2) is 42.6 Å². The maximum absolute atomic E-state index is 12.1. The Kier molecular flexibility index (Phi) is 4.23. The molecule has 0 radical (unpaired) electrons. The van der Waals surface area contributed by atoms with E-state index in [0.29, 0.717) is 11.1 Å².